The number of fused-ring (bicyclic) bond motifs is 1. The minimum absolute atomic E-state index is 0.387. The molecule has 3 aromatic carbocycles. The molecule has 0 spiro atoms. The van der Waals surface area contributed by atoms with Gasteiger partial charge >= 0.3 is 0 Å². The largest absolute Gasteiger partial charge is 0.488 e. The van der Waals surface area contributed by atoms with Gasteiger partial charge in [0.15, 0.2) is 0 Å². The summed E-state index contributed by atoms with van der Waals surface area (Å²) in [5.41, 5.74) is 2.05. The number of hydrogen-bond donors (Lipinski definition) is 2. The first-order valence-corrected chi connectivity index (χ1v) is 8.78. The van der Waals surface area contributed by atoms with Crippen LogP contribution >= 0.6 is 11.6 Å². The second-order valence-electron chi connectivity index (χ2n) is 6.12. The van der Waals surface area contributed by atoms with Gasteiger partial charge in [-0.05, 0) is 29.8 Å². The van der Waals surface area contributed by atoms with Gasteiger partial charge in [-0.15, -0.1) is 0 Å². The second-order valence-corrected chi connectivity index (χ2v) is 6.53. The van der Waals surface area contributed by atoms with Gasteiger partial charge in [0.25, 0.3) is 0 Å². The molecule has 2 N–H and O–H groups in total. The molecule has 0 radical (unpaired) electrons. The zero-order valence-electron chi connectivity index (χ0n) is 14.2. The predicted octanol–water partition coefficient (Wildman–Crippen LogP) is 4.54. The Morgan fingerprint density at radius 1 is 1.04 bits per heavy atom. The fourth-order valence-corrected chi connectivity index (χ4v) is 3.00. The van der Waals surface area contributed by atoms with Crippen molar-refractivity contribution in [2.75, 3.05) is 6.54 Å². The van der Waals surface area contributed by atoms with Crippen molar-refractivity contribution < 1.29 is 9.84 Å². The van der Waals surface area contributed by atoms with Crippen molar-refractivity contribution in [1.82, 2.24) is 5.32 Å². The van der Waals surface area contributed by atoms with E-state index in [1.165, 1.54) is 5.39 Å². The Balaban J connectivity index is 1.86. The first-order valence-electron chi connectivity index (χ1n) is 8.41. The molecular formula is C21H22ClNO2. The van der Waals surface area contributed by atoms with E-state index in [0.29, 0.717) is 24.7 Å². The van der Waals surface area contributed by atoms with E-state index in [4.69, 9.17) is 16.3 Å². The normalized spacial score (nSPS) is 12.3. The van der Waals surface area contributed by atoms with E-state index < -0.39 is 0 Å². The molecule has 0 heterocycles. The van der Waals surface area contributed by atoms with E-state index in [1.807, 2.05) is 42.5 Å². The van der Waals surface area contributed by atoms with Crippen LogP contribution in [0.25, 0.3) is 10.8 Å². The Morgan fingerprint density at radius 3 is 2.60 bits per heavy atom. The van der Waals surface area contributed by atoms with Gasteiger partial charge in [0.05, 0.1) is 6.10 Å². The van der Waals surface area contributed by atoms with Crippen molar-refractivity contribution in [2.45, 2.75) is 26.2 Å². The van der Waals surface area contributed by atoms with E-state index in [0.717, 1.165) is 22.3 Å². The van der Waals surface area contributed by atoms with Crippen molar-refractivity contribution in [2.24, 2.45) is 0 Å². The number of ether oxygens (including phenoxy) is 1. The quantitative estimate of drug-likeness (QED) is 0.653. The molecule has 0 unspecified atom stereocenters. The van der Waals surface area contributed by atoms with E-state index in [1.54, 1.807) is 6.92 Å². The number of aliphatic hydroxyl groups excluding tert-OH is 1. The van der Waals surface area contributed by atoms with Crippen LogP contribution in [0.3, 0.4) is 0 Å². The van der Waals surface area contributed by atoms with Gasteiger partial charge in [0.2, 0.25) is 0 Å². The van der Waals surface area contributed by atoms with Gasteiger partial charge < -0.3 is 15.2 Å². The smallest absolute Gasteiger partial charge is 0.124 e. The molecule has 130 valence electrons. The van der Waals surface area contributed by atoms with Gasteiger partial charge in [0.1, 0.15) is 12.4 Å². The Morgan fingerprint density at radius 2 is 1.80 bits per heavy atom. The summed E-state index contributed by atoms with van der Waals surface area (Å²) in [7, 11) is 0. The summed E-state index contributed by atoms with van der Waals surface area (Å²) in [6.07, 6.45) is -0.387. The molecule has 3 aromatic rings. The molecule has 25 heavy (non-hydrogen) atoms. The fraction of sp³-hybridized carbons (Fsp3) is 0.238. The highest BCUT2D eigenvalue weighted by molar-refractivity contribution is 6.31. The van der Waals surface area contributed by atoms with Crippen molar-refractivity contribution in [1.29, 1.82) is 0 Å². The van der Waals surface area contributed by atoms with Gasteiger partial charge in [0, 0.05) is 29.2 Å². The molecule has 0 aliphatic rings. The number of halogens is 1. The second kappa shape index (κ2) is 8.34. The first kappa shape index (κ1) is 17.7. The zero-order valence-corrected chi connectivity index (χ0v) is 15.0. The van der Waals surface area contributed by atoms with Crippen molar-refractivity contribution in [3.05, 3.63) is 76.8 Å². The Kier molecular flexibility index (Phi) is 5.92. The van der Waals surface area contributed by atoms with Crippen molar-refractivity contribution >= 4 is 22.4 Å². The van der Waals surface area contributed by atoms with Gasteiger partial charge in [-0.2, -0.15) is 0 Å². The zero-order chi connectivity index (χ0) is 17.6. The van der Waals surface area contributed by atoms with Crippen LogP contribution in [-0.4, -0.2) is 17.8 Å². The number of nitrogens with one attached hydrogen (secondary N) is 1. The molecule has 0 saturated heterocycles. The number of hydrogen-bond acceptors (Lipinski definition) is 3. The first-order chi connectivity index (χ1) is 12.1. The number of benzene rings is 3. The van der Waals surface area contributed by atoms with Crippen LogP contribution in [0.5, 0.6) is 5.75 Å². The number of rotatable bonds is 7. The third-order valence-electron chi connectivity index (χ3n) is 4.08. The van der Waals surface area contributed by atoms with E-state index in [-0.39, 0.29) is 6.10 Å². The summed E-state index contributed by atoms with van der Waals surface area (Å²) in [6, 6.07) is 20.0. The van der Waals surface area contributed by atoms with Crippen LogP contribution in [0.2, 0.25) is 5.02 Å². The van der Waals surface area contributed by atoms with E-state index >= 15 is 0 Å². The van der Waals surface area contributed by atoms with Gasteiger partial charge in [-0.1, -0.05) is 60.1 Å². The van der Waals surface area contributed by atoms with Gasteiger partial charge in [-0.3, -0.25) is 0 Å². The summed E-state index contributed by atoms with van der Waals surface area (Å²) in [5, 5.41) is 15.8. The third kappa shape index (κ3) is 4.51. The third-order valence-corrected chi connectivity index (χ3v) is 4.45. The molecule has 3 rings (SSSR count). The van der Waals surface area contributed by atoms with E-state index in [9.17, 15) is 5.11 Å². The summed E-state index contributed by atoms with van der Waals surface area (Å²) in [6.45, 7) is 3.35. The Labute approximate surface area is 153 Å². The topological polar surface area (TPSA) is 41.5 Å². The van der Waals surface area contributed by atoms with Crippen LogP contribution in [0, 0.1) is 0 Å². The maximum absolute atomic E-state index is 9.49. The van der Waals surface area contributed by atoms with E-state index in [2.05, 4.69) is 23.5 Å². The summed E-state index contributed by atoms with van der Waals surface area (Å²) in [5.74, 6) is 0.830. The molecule has 1 atom stereocenters. The predicted molar refractivity (Wildman–Crippen MR) is 103 cm³/mol. The molecule has 0 aromatic heterocycles. The molecule has 0 aliphatic carbocycles. The monoisotopic (exact) mass is 355 g/mol. The lowest BCUT2D eigenvalue weighted by Gasteiger charge is -2.16. The molecule has 3 nitrogen and oxygen atoms in total. The average Bonchev–Trinajstić information content (AvgIpc) is 2.61. The maximum Gasteiger partial charge on any atom is 0.124 e. The molecule has 4 heteroatoms. The Hall–Kier alpha value is -2.07. The minimum atomic E-state index is -0.387. The van der Waals surface area contributed by atoms with Crippen LogP contribution in [0.1, 0.15) is 18.1 Å². The minimum Gasteiger partial charge on any atom is -0.488 e. The fourth-order valence-electron chi connectivity index (χ4n) is 2.81. The molecule has 0 bridgehead atoms. The SMILES string of the molecule is C[C@H](O)CNCc1c(OCc2ccccc2Cl)ccc2ccccc12. The van der Waals surface area contributed by atoms with Crippen molar-refractivity contribution in [3.63, 3.8) is 0 Å². The number of aliphatic hydroxyl groups is 1. The van der Waals surface area contributed by atoms with Crippen LogP contribution < -0.4 is 10.1 Å². The highest BCUT2D eigenvalue weighted by Gasteiger charge is 2.10. The van der Waals surface area contributed by atoms with Crippen LogP contribution in [0.4, 0.5) is 0 Å². The van der Waals surface area contributed by atoms with Crippen LogP contribution in [-0.2, 0) is 13.2 Å². The molecular weight excluding hydrogens is 334 g/mol. The lowest BCUT2D eigenvalue weighted by molar-refractivity contribution is 0.190. The highest BCUT2D eigenvalue weighted by Crippen LogP contribution is 2.29. The summed E-state index contributed by atoms with van der Waals surface area (Å²) >= 11 is 6.22. The highest BCUT2D eigenvalue weighted by atomic mass is 35.5. The maximum atomic E-state index is 9.49. The molecule has 0 aliphatic heterocycles. The molecule has 0 fully saturated rings. The Bertz CT molecular complexity index is 848. The lowest BCUT2D eigenvalue weighted by atomic mass is 10.0. The van der Waals surface area contributed by atoms with Gasteiger partial charge in [-0.25, -0.2) is 0 Å². The lowest BCUT2D eigenvalue weighted by Crippen LogP contribution is -2.24. The van der Waals surface area contributed by atoms with Crippen molar-refractivity contribution in [3.8, 4) is 5.75 Å². The standard InChI is InChI=1S/C21H22ClNO2/c1-15(24)12-23-13-19-18-8-4-2-6-16(18)10-11-21(19)25-14-17-7-3-5-9-20(17)22/h2-11,15,23-24H,12-14H2,1H3/t15-/m0/s1. The molecule has 0 saturated carbocycles. The summed E-state index contributed by atoms with van der Waals surface area (Å²) in [4.78, 5) is 0. The summed E-state index contributed by atoms with van der Waals surface area (Å²) < 4.78 is 6.08. The molecule has 0 amide bonds. The average molecular weight is 356 g/mol. The van der Waals surface area contributed by atoms with Crippen LogP contribution in [0.15, 0.2) is 60.7 Å².